The first-order valence-corrected chi connectivity index (χ1v) is 8.64. The van der Waals surface area contributed by atoms with Crippen LogP contribution in [-0.4, -0.2) is 29.9 Å². The largest absolute Gasteiger partial charge is 0.409 e. The standard InChI is InChI=1S/C16H25N3OS/c1-3-21-14-11-7-10-13(15(14)16(17)18-20)19(2)12-8-5-4-6-9-12/h7,10-12,20H,3-6,8-9H2,1-2H3,(H2,17,18). The molecular weight excluding hydrogens is 282 g/mol. The molecule has 5 heteroatoms. The summed E-state index contributed by atoms with van der Waals surface area (Å²) in [6.45, 7) is 2.11. The number of amidine groups is 1. The van der Waals surface area contributed by atoms with Gasteiger partial charge in [0.05, 0.1) is 5.56 Å². The summed E-state index contributed by atoms with van der Waals surface area (Å²) in [7, 11) is 2.12. The van der Waals surface area contributed by atoms with Crippen LogP contribution in [0.2, 0.25) is 0 Å². The van der Waals surface area contributed by atoms with Gasteiger partial charge in [0, 0.05) is 23.7 Å². The summed E-state index contributed by atoms with van der Waals surface area (Å²) < 4.78 is 0. The number of thioether (sulfide) groups is 1. The highest BCUT2D eigenvalue weighted by Crippen LogP contribution is 2.33. The third-order valence-corrected chi connectivity index (χ3v) is 5.11. The Morgan fingerprint density at radius 2 is 2.10 bits per heavy atom. The van der Waals surface area contributed by atoms with Crippen LogP contribution in [0.1, 0.15) is 44.6 Å². The Kier molecular flexibility index (Phi) is 5.79. The lowest BCUT2D eigenvalue weighted by Gasteiger charge is -2.34. The number of oxime groups is 1. The van der Waals surface area contributed by atoms with E-state index in [2.05, 4.69) is 36.2 Å². The van der Waals surface area contributed by atoms with Crippen LogP contribution in [-0.2, 0) is 0 Å². The van der Waals surface area contributed by atoms with Crippen molar-refractivity contribution >= 4 is 23.3 Å². The summed E-state index contributed by atoms with van der Waals surface area (Å²) in [6.07, 6.45) is 6.35. The van der Waals surface area contributed by atoms with E-state index in [4.69, 9.17) is 10.9 Å². The topological polar surface area (TPSA) is 61.8 Å². The van der Waals surface area contributed by atoms with E-state index in [9.17, 15) is 0 Å². The van der Waals surface area contributed by atoms with E-state index in [0.29, 0.717) is 6.04 Å². The third-order valence-electron chi connectivity index (χ3n) is 4.17. The first-order chi connectivity index (χ1) is 10.2. The lowest BCUT2D eigenvalue weighted by Crippen LogP contribution is -2.35. The summed E-state index contributed by atoms with van der Waals surface area (Å²) in [4.78, 5) is 3.39. The minimum Gasteiger partial charge on any atom is -0.409 e. The van der Waals surface area contributed by atoms with Crippen molar-refractivity contribution in [2.75, 3.05) is 17.7 Å². The van der Waals surface area contributed by atoms with Crippen LogP contribution < -0.4 is 10.6 Å². The van der Waals surface area contributed by atoms with E-state index < -0.39 is 0 Å². The molecule has 0 spiro atoms. The van der Waals surface area contributed by atoms with Gasteiger partial charge in [-0.3, -0.25) is 0 Å². The minimum absolute atomic E-state index is 0.198. The summed E-state index contributed by atoms with van der Waals surface area (Å²) in [5.74, 6) is 1.16. The molecular formula is C16H25N3OS. The number of anilines is 1. The van der Waals surface area contributed by atoms with Gasteiger partial charge < -0.3 is 15.8 Å². The zero-order valence-corrected chi connectivity index (χ0v) is 13.7. The number of nitrogens with two attached hydrogens (primary N) is 1. The molecule has 2 rings (SSSR count). The van der Waals surface area contributed by atoms with Crippen molar-refractivity contribution in [1.29, 1.82) is 0 Å². The highest BCUT2D eigenvalue weighted by Gasteiger charge is 2.22. The number of rotatable bonds is 5. The molecule has 0 radical (unpaired) electrons. The number of hydrogen-bond acceptors (Lipinski definition) is 4. The quantitative estimate of drug-likeness (QED) is 0.286. The summed E-state index contributed by atoms with van der Waals surface area (Å²) >= 11 is 1.73. The van der Waals surface area contributed by atoms with Crippen LogP contribution in [0.25, 0.3) is 0 Å². The molecule has 116 valence electrons. The fourth-order valence-electron chi connectivity index (χ4n) is 3.06. The van der Waals surface area contributed by atoms with E-state index in [0.717, 1.165) is 21.9 Å². The molecule has 1 aromatic carbocycles. The van der Waals surface area contributed by atoms with Crippen molar-refractivity contribution in [3.8, 4) is 0 Å². The third kappa shape index (κ3) is 3.64. The van der Waals surface area contributed by atoms with Crippen LogP contribution in [0.5, 0.6) is 0 Å². The summed E-state index contributed by atoms with van der Waals surface area (Å²) in [5.41, 5.74) is 7.88. The van der Waals surface area contributed by atoms with Crippen molar-refractivity contribution in [3.63, 3.8) is 0 Å². The Morgan fingerprint density at radius 1 is 1.38 bits per heavy atom. The van der Waals surface area contributed by atoms with Gasteiger partial charge in [-0.15, -0.1) is 11.8 Å². The van der Waals surface area contributed by atoms with Gasteiger partial charge in [0.2, 0.25) is 0 Å². The lowest BCUT2D eigenvalue weighted by atomic mass is 9.93. The molecule has 21 heavy (non-hydrogen) atoms. The molecule has 0 amide bonds. The SMILES string of the molecule is CCSc1cccc(N(C)C2CCCCC2)c1/C(N)=N/O. The van der Waals surface area contributed by atoms with Crippen molar-refractivity contribution in [1.82, 2.24) is 0 Å². The molecule has 1 saturated carbocycles. The second-order valence-corrected chi connectivity index (χ2v) is 6.78. The predicted molar refractivity (Wildman–Crippen MR) is 90.6 cm³/mol. The van der Waals surface area contributed by atoms with Crippen molar-refractivity contribution in [2.24, 2.45) is 10.9 Å². The summed E-state index contributed by atoms with van der Waals surface area (Å²) in [5, 5.41) is 12.4. The Bertz CT molecular complexity index is 498. The van der Waals surface area contributed by atoms with Crippen molar-refractivity contribution in [3.05, 3.63) is 23.8 Å². The normalized spacial score (nSPS) is 17.0. The minimum atomic E-state index is 0.198. The van der Waals surface area contributed by atoms with E-state index in [-0.39, 0.29) is 5.84 Å². The van der Waals surface area contributed by atoms with E-state index >= 15 is 0 Å². The van der Waals surface area contributed by atoms with Gasteiger partial charge in [-0.2, -0.15) is 0 Å². The maximum Gasteiger partial charge on any atom is 0.173 e. The molecule has 3 N–H and O–H groups in total. The fourth-order valence-corrected chi connectivity index (χ4v) is 3.90. The van der Waals surface area contributed by atoms with Crippen molar-refractivity contribution < 1.29 is 5.21 Å². The van der Waals surface area contributed by atoms with Gasteiger partial charge in [-0.25, -0.2) is 0 Å². The molecule has 0 heterocycles. The Morgan fingerprint density at radius 3 is 2.71 bits per heavy atom. The smallest absolute Gasteiger partial charge is 0.173 e. The first-order valence-electron chi connectivity index (χ1n) is 7.65. The molecule has 0 bridgehead atoms. The van der Waals surface area contributed by atoms with E-state index in [1.807, 2.05) is 6.07 Å². The molecule has 0 aromatic heterocycles. The molecule has 1 aliphatic carbocycles. The first kappa shape index (κ1) is 16.0. The van der Waals surface area contributed by atoms with Gasteiger partial charge in [-0.1, -0.05) is 37.4 Å². The average molecular weight is 307 g/mol. The van der Waals surface area contributed by atoms with Gasteiger partial charge in [-0.05, 0) is 30.7 Å². The van der Waals surface area contributed by atoms with Gasteiger partial charge in [0.25, 0.3) is 0 Å². The lowest BCUT2D eigenvalue weighted by molar-refractivity contribution is 0.318. The zero-order chi connectivity index (χ0) is 15.2. The number of benzene rings is 1. The summed E-state index contributed by atoms with van der Waals surface area (Å²) in [6, 6.07) is 6.72. The molecule has 1 fully saturated rings. The highest BCUT2D eigenvalue weighted by atomic mass is 32.2. The van der Waals surface area contributed by atoms with Crippen LogP contribution in [0.15, 0.2) is 28.3 Å². The van der Waals surface area contributed by atoms with Crippen LogP contribution in [0.3, 0.4) is 0 Å². The number of hydrogen-bond donors (Lipinski definition) is 2. The maximum absolute atomic E-state index is 9.13. The Balaban J connectivity index is 2.39. The molecule has 0 saturated heterocycles. The molecule has 0 atom stereocenters. The van der Waals surface area contributed by atoms with Crippen LogP contribution in [0, 0.1) is 0 Å². The van der Waals surface area contributed by atoms with E-state index in [1.54, 1.807) is 11.8 Å². The van der Waals surface area contributed by atoms with Gasteiger partial charge >= 0.3 is 0 Å². The molecule has 1 aromatic rings. The molecule has 0 aliphatic heterocycles. The zero-order valence-electron chi connectivity index (χ0n) is 12.9. The second kappa shape index (κ2) is 7.59. The second-order valence-electron chi connectivity index (χ2n) is 5.47. The maximum atomic E-state index is 9.13. The Labute approximate surface area is 131 Å². The fraction of sp³-hybridized carbons (Fsp3) is 0.562. The molecule has 0 unspecified atom stereocenters. The molecule has 4 nitrogen and oxygen atoms in total. The number of nitrogens with zero attached hydrogens (tertiary/aromatic N) is 2. The predicted octanol–water partition coefficient (Wildman–Crippen LogP) is 3.66. The van der Waals surface area contributed by atoms with Gasteiger partial charge in [0.15, 0.2) is 5.84 Å². The van der Waals surface area contributed by atoms with E-state index in [1.165, 1.54) is 32.1 Å². The van der Waals surface area contributed by atoms with Crippen LogP contribution >= 0.6 is 11.8 Å². The Hall–Kier alpha value is -1.36. The monoisotopic (exact) mass is 307 g/mol. The van der Waals surface area contributed by atoms with Gasteiger partial charge in [0.1, 0.15) is 0 Å². The molecule has 1 aliphatic rings. The average Bonchev–Trinajstić information content (AvgIpc) is 2.54. The van der Waals surface area contributed by atoms with Crippen LogP contribution in [0.4, 0.5) is 5.69 Å². The van der Waals surface area contributed by atoms with Crippen molar-refractivity contribution in [2.45, 2.75) is 50.0 Å². The highest BCUT2D eigenvalue weighted by molar-refractivity contribution is 7.99.